The Morgan fingerprint density at radius 1 is 1.07 bits per heavy atom. The zero-order valence-electron chi connectivity index (χ0n) is 15.5. The number of carbonyl (C=O) groups is 2. The van der Waals surface area contributed by atoms with Gasteiger partial charge in [0.25, 0.3) is 5.91 Å². The zero-order valence-corrected chi connectivity index (χ0v) is 16.3. The van der Waals surface area contributed by atoms with Gasteiger partial charge in [-0.3, -0.25) is 4.79 Å². The van der Waals surface area contributed by atoms with Gasteiger partial charge in [0.2, 0.25) is 5.89 Å². The molecule has 0 bridgehead atoms. The second kappa shape index (κ2) is 8.71. The van der Waals surface area contributed by atoms with Crippen molar-refractivity contribution in [2.75, 3.05) is 5.32 Å². The average molecular weight is 422 g/mol. The van der Waals surface area contributed by atoms with Crippen LogP contribution in [0.15, 0.2) is 76.7 Å². The Morgan fingerprint density at radius 3 is 2.53 bits per heavy atom. The van der Waals surface area contributed by atoms with Crippen molar-refractivity contribution in [3.05, 3.63) is 94.3 Å². The molecule has 2 aromatic heterocycles. The minimum Gasteiger partial charge on any atom is -0.455 e. The van der Waals surface area contributed by atoms with Crippen molar-refractivity contribution in [3.63, 3.8) is 0 Å². The van der Waals surface area contributed by atoms with Crippen LogP contribution in [0.3, 0.4) is 0 Å². The third-order valence-electron chi connectivity index (χ3n) is 4.12. The average Bonchev–Trinajstić information content (AvgIpc) is 3.45. The number of esters is 1. The lowest BCUT2D eigenvalue weighted by atomic mass is 10.2. The molecule has 0 saturated heterocycles. The molecule has 2 heterocycles. The molecule has 1 N–H and O–H groups in total. The molecule has 4 rings (SSSR count). The van der Waals surface area contributed by atoms with Crippen LogP contribution in [0.4, 0.5) is 10.1 Å². The van der Waals surface area contributed by atoms with E-state index in [0.29, 0.717) is 33.3 Å². The van der Waals surface area contributed by atoms with Crippen LogP contribution >= 0.6 is 11.3 Å². The molecule has 0 fully saturated rings. The predicted octanol–water partition coefficient (Wildman–Crippen LogP) is 5.15. The van der Waals surface area contributed by atoms with Crippen molar-refractivity contribution in [3.8, 4) is 11.5 Å². The van der Waals surface area contributed by atoms with Crippen molar-refractivity contribution in [1.29, 1.82) is 0 Å². The molecule has 6 nitrogen and oxygen atoms in total. The van der Waals surface area contributed by atoms with Gasteiger partial charge < -0.3 is 14.5 Å². The van der Waals surface area contributed by atoms with E-state index in [1.165, 1.54) is 29.7 Å². The first-order valence-electron chi connectivity index (χ1n) is 8.91. The van der Waals surface area contributed by atoms with E-state index in [2.05, 4.69) is 10.3 Å². The molecule has 0 spiro atoms. The third kappa shape index (κ3) is 4.61. The summed E-state index contributed by atoms with van der Waals surface area (Å²) >= 11 is 1.35. The van der Waals surface area contributed by atoms with E-state index in [1.807, 2.05) is 5.38 Å². The molecule has 2 aromatic carbocycles. The molecule has 1 amide bonds. The Morgan fingerprint density at radius 2 is 1.83 bits per heavy atom. The maximum absolute atomic E-state index is 13.0. The standard InChI is InChI=1S/C22H15FN2O4S/c23-16-7-3-14(4-8-16)21-25-18(12-28-21)13-29-22(27)15-5-9-17(10-6-15)24-20(26)19-2-1-11-30-19/h1-12H,13H2,(H,24,26). The van der Waals surface area contributed by atoms with Crippen LogP contribution in [0.1, 0.15) is 25.7 Å². The molecule has 30 heavy (non-hydrogen) atoms. The minimum atomic E-state index is -0.530. The Labute approximate surface area is 175 Å². The lowest BCUT2D eigenvalue weighted by Gasteiger charge is -2.06. The number of aromatic nitrogens is 1. The Kier molecular flexibility index (Phi) is 5.67. The number of rotatable bonds is 6. The van der Waals surface area contributed by atoms with E-state index in [4.69, 9.17) is 9.15 Å². The first kappa shape index (κ1) is 19.5. The zero-order chi connectivity index (χ0) is 20.9. The number of hydrogen-bond acceptors (Lipinski definition) is 6. The van der Waals surface area contributed by atoms with Crippen LogP contribution in [-0.4, -0.2) is 16.9 Å². The van der Waals surface area contributed by atoms with E-state index >= 15 is 0 Å². The number of anilines is 1. The molecule has 8 heteroatoms. The predicted molar refractivity (Wildman–Crippen MR) is 110 cm³/mol. The minimum absolute atomic E-state index is 0.0691. The highest BCUT2D eigenvalue weighted by molar-refractivity contribution is 7.12. The number of carbonyl (C=O) groups excluding carboxylic acids is 2. The Hall–Kier alpha value is -3.78. The van der Waals surface area contributed by atoms with Gasteiger partial charge in [0.05, 0.1) is 10.4 Å². The summed E-state index contributed by atoms with van der Waals surface area (Å²) < 4.78 is 23.6. The van der Waals surface area contributed by atoms with Gasteiger partial charge in [0.1, 0.15) is 24.4 Å². The van der Waals surface area contributed by atoms with Crippen molar-refractivity contribution < 1.29 is 23.1 Å². The van der Waals surface area contributed by atoms with Gasteiger partial charge in [-0.1, -0.05) is 6.07 Å². The summed E-state index contributed by atoms with van der Waals surface area (Å²) in [5.74, 6) is -0.774. The topological polar surface area (TPSA) is 81.4 Å². The van der Waals surface area contributed by atoms with Crippen LogP contribution in [0, 0.1) is 5.82 Å². The molecular formula is C22H15FN2O4S. The molecule has 4 aromatic rings. The fourth-order valence-electron chi connectivity index (χ4n) is 2.61. The van der Waals surface area contributed by atoms with Crippen molar-refractivity contribution in [1.82, 2.24) is 4.98 Å². The largest absolute Gasteiger partial charge is 0.455 e. The number of benzene rings is 2. The molecule has 0 aliphatic heterocycles. The highest BCUT2D eigenvalue weighted by Crippen LogP contribution is 2.20. The van der Waals surface area contributed by atoms with Gasteiger partial charge in [-0.2, -0.15) is 0 Å². The number of oxazole rings is 1. The van der Waals surface area contributed by atoms with Crippen LogP contribution < -0.4 is 5.32 Å². The molecule has 0 atom stereocenters. The first-order valence-corrected chi connectivity index (χ1v) is 9.79. The number of halogens is 1. The molecule has 0 aliphatic carbocycles. The smallest absolute Gasteiger partial charge is 0.338 e. The maximum Gasteiger partial charge on any atom is 0.338 e. The molecule has 0 saturated carbocycles. The summed E-state index contributed by atoms with van der Waals surface area (Å²) in [7, 11) is 0. The Bertz CT molecular complexity index is 1150. The number of hydrogen-bond donors (Lipinski definition) is 1. The van der Waals surface area contributed by atoms with E-state index in [-0.39, 0.29) is 18.3 Å². The van der Waals surface area contributed by atoms with Crippen LogP contribution in [-0.2, 0) is 11.3 Å². The van der Waals surface area contributed by atoms with Crippen molar-refractivity contribution in [2.45, 2.75) is 6.61 Å². The van der Waals surface area contributed by atoms with Crippen LogP contribution in [0.2, 0.25) is 0 Å². The van der Waals surface area contributed by atoms with Gasteiger partial charge in [-0.05, 0) is 60.0 Å². The van der Waals surface area contributed by atoms with E-state index in [0.717, 1.165) is 0 Å². The molecular weight excluding hydrogens is 407 g/mol. The second-order valence-corrected chi connectivity index (χ2v) is 7.18. The van der Waals surface area contributed by atoms with Crippen molar-refractivity contribution in [2.24, 2.45) is 0 Å². The number of thiophene rings is 1. The fraction of sp³-hybridized carbons (Fsp3) is 0.0455. The van der Waals surface area contributed by atoms with E-state index in [9.17, 15) is 14.0 Å². The van der Waals surface area contributed by atoms with Crippen LogP contribution in [0.5, 0.6) is 0 Å². The quantitative estimate of drug-likeness (QED) is 0.435. The van der Waals surface area contributed by atoms with E-state index in [1.54, 1.807) is 48.5 Å². The highest BCUT2D eigenvalue weighted by Gasteiger charge is 2.12. The van der Waals surface area contributed by atoms with Gasteiger partial charge in [0, 0.05) is 11.3 Å². The summed E-state index contributed by atoms with van der Waals surface area (Å²) in [6, 6.07) is 15.7. The molecule has 0 aliphatic rings. The summed E-state index contributed by atoms with van der Waals surface area (Å²) in [6.07, 6.45) is 1.38. The number of amides is 1. The fourth-order valence-corrected chi connectivity index (χ4v) is 3.23. The van der Waals surface area contributed by atoms with Gasteiger partial charge in [-0.15, -0.1) is 11.3 Å². The lowest BCUT2D eigenvalue weighted by molar-refractivity contribution is 0.0467. The van der Waals surface area contributed by atoms with Gasteiger partial charge >= 0.3 is 5.97 Å². The first-order chi connectivity index (χ1) is 14.6. The summed E-state index contributed by atoms with van der Waals surface area (Å²) in [5, 5.41) is 4.59. The summed E-state index contributed by atoms with van der Waals surface area (Å²) in [6.45, 7) is -0.0691. The maximum atomic E-state index is 13.0. The third-order valence-corrected chi connectivity index (χ3v) is 4.99. The monoisotopic (exact) mass is 422 g/mol. The highest BCUT2D eigenvalue weighted by atomic mass is 32.1. The molecule has 0 radical (unpaired) electrons. The van der Waals surface area contributed by atoms with Gasteiger partial charge in [0.15, 0.2) is 0 Å². The van der Waals surface area contributed by atoms with Crippen LogP contribution in [0.25, 0.3) is 11.5 Å². The van der Waals surface area contributed by atoms with Gasteiger partial charge in [-0.25, -0.2) is 14.2 Å². The molecule has 0 unspecified atom stereocenters. The Balaban J connectivity index is 1.33. The van der Waals surface area contributed by atoms with Crippen molar-refractivity contribution >= 4 is 28.9 Å². The number of ether oxygens (including phenoxy) is 1. The lowest BCUT2D eigenvalue weighted by Crippen LogP contribution is -2.10. The summed E-state index contributed by atoms with van der Waals surface area (Å²) in [4.78, 5) is 29.1. The number of nitrogens with one attached hydrogen (secondary N) is 1. The van der Waals surface area contributed by atoms with E-state index < -0.39 is 5.97 Å². The normalized spacial score (nSPS) is 10.6. The second-order valence-electron chi connectivity index (χ2n) is 6.24. The number of nitrogens with zero attached hydrogens (tertiary/aromatic N) is 1. The molecule has 150 valence electrons. The summed E-state index contributed by atoms with van der Waals surface area (Å²) in [5.41, 5.74) is 1.97. The SMILES string of the molecule is O=C(OCc1coc(-c2ccc(F)cc2)n1)c1ccc(NC(=O)c2cccs2)cc1.